The van der Waals surface area contributed by atoms with Crippen molar-refractivity contribution in [3.05, 3.63) is 35.4 Å². The molecule has 1 heterocycles. The molecule has 0 radical (unpaired) electrons. The molecule has 116 valence electrons. The monoisotopic (exact) mass is 286 g/mol. The van der Waals surface area contributed by atoms with Gasteiger partial charge in [-0.05, 0) is 48.8 Å². The smallest absolute Gasteiger partial charge is 0.0237 e. The van der Waals surface area contributed by atoms with Crippen LogP contribution >= 0.6 is 0 Å². The Morgan fingerprint density at radius 3 is 2.43 bits per heavy atom. The summed E-state index contributed by atoms with van der Waals surface area (Å²) in [6.45, 7) is 10.4. The molecule has 1 aliphatic carbocycles. The van der Waals surface area contributed by atoms with Gasteiger partial charge in [0.25, 0.3) is 0 Å². The van der Waals surface area contributed by atoms with Crippen molar-refractivity contribution < 1.29 is 0 Å². The van der Waals surface area contributed by atoms with Crippen LogP contribution < -0.4 is 5.32 Å². The molecule has 0 bridgehead atoms. The summed E-state index contributed by atoms with van der Waals surface area (Å²) in [5.41, 5.74) is 3.14. The second-order valence-electron chi connectivity index (χ2n) is 7.90. The van der Waals surface area contributed by atoms with Gasteiger partial charge in [0, 0.05) is 25.2 Å². The predicted octanol–water partition coefficient (Wildman–Crippen LogP) is 3.70. The Bertz CT molecular complexity index is 453. The lowest BCUT2D eigenvalue weighted by Crippen LogP contribution is -2.38. The van der Waals surface area contributed by atoms with Crippen LogP contribution in [0.4, 0.5) is 0 Å². The topological polar surface area (TPSA) is 15.3 Å². The van der Waals surface area contributed by atoms with Gasteiger partial charge in [0.1, 0.15) is 0 Å². The zero-order valence-corrected chi connectivity index (χ0v) is 13.9. The van der Waals surface area contributed by atoms with Gasteiger partial charge in [-0.15, -0.1) is 0 Å². The Kier molecular flexibility index (Phi) is 4.37. The minimum absolute atomic E-state index is 0.253. The SMILES string of the molecule is CC(C)(C)c1ccc(CN2CCCC2CNC2CC2)cc1. The lowest BCUT2D eigenvalue weighted by molar-refractivity contribution is 0.239. The van der Waals surface area contributed by atoms with Crippen molar-refractivity contribution in [2.45, 2.75) is 70.5 Å². The van der Waals surface area contributed by atoms with E-state index in [1.54, 1.807) is 0 Å². The van der Waals surface area contributed by atoms with E-state index in [-0.39, 0.29) is 5.41 Å². The highest BCUT2D eigenvalue weighted by Gasteiger charge is 2.27. The zero-order valence-electron chi connectivity index (χ0n) is 13.9. The van der Waals surface area contributed by atoms with Crippen LogP contribution in [-0.4, -0.2) is 30.1 Å². The number of rotatable bonds is 5. The van der Waals surface area contributed by atoms with Crippen LogP contribution in [0.25, 0.3) is 0 Å². The summed E-state index contributed by atoms with van der Waals surface area (Å²) in [4.78, 5) is 2.67. The van der Waals surface area contributed by atoms with E-state index in [0.29, 0.717) is 0 Å². The summed E-state index contributed by atoms with van der Waals surface area (Å²) < 4.78 is 0. The van der Waals surface area contributed by atoms with Crippen molar-refractivity contribution >= 4 is 0 Å². The Labute approximate surface area is 129 Å². The highest BCUT2D eigenvalue weighted by atomic mass is 15.2. The van der Waals surface area contributed by atoms with E-state index in [1.165, 1.54) is 49.9 Å². The third-order valence-electron chi connectivity index (χ3n) is 4.92. The first-order chi connectivity index (χ1) is 10.0. The molecule has 1 N–H and O–H groups in total. The van der Waals surface area contributed by atoms with E-state index in [1.807, 2.05) is 0 Å². The van der Waals surface area contributed by atoms with E-state index in [9.17, 15) is 0 Å². The van der Waals surface area contributed by atoms with Crippen molar-refractivity contribution in [3.8, 4) is 0 Å². The number of nitrogens with zero attached hydrogens (tertiary/aromatic N) is 1. The third-order valence-corrected chi connectivity index (χ3v) is 4.92. The lowest BCUT2D eigenvalue weighted by Gasteiger charge is -2.25. The molecule has 1 aromatic rings. The molecule has 1 saturated heterocycles. The fraction of sp³-hybridized carbons (Fsp3) is 0.684. The molecule has 3 rings (SSSR count). The molecule has 0 aromatic heterocycles. The van der Waals surface area contributed by atoms with Crippen LogP contribution in [0.15, 0.2) is 24.3 Å². The average molecular weight is 286 g/mol. The van der Waals surface area contributed by atoms with Crippen LogP contribution in [0.2, 0.25) is 0 Å². The quantitative estimate of drug-likeness (QED) is 0.888. The molecule has 0 amide bonds. The predicted molar refractivity (Wildman–Crippen MR) is 89.6 cm³/mol. The molecule has 2 nitrogen and oxygen atoms in total. The molecule has 2 heteroatoms. The summed E-state index contributed by atoms with van der Waals surface area (Å²) in [5, 5.41) is 3.70. The number of hydrogen-bond donors (Lipinski definition) is 1. The summed E-state index contributed by atoms with van der Waals surface area (Å²) in [6.07, 6.45) is 5.50. The second kappa shape index (κ2) is 6.10. The first-order valence-electron chi connectivity index (χ1n) is 8.59. The van der Waals surface area contributed by atoms with Gasteiger partial charge in [0.15, 0.2) is 0 Å². The zero-order chi connectivity index (χ0) is 14.9. The van der Waals surface area contributed by atoms with E-state index in [0.717, 1.165) is 18.6 Å². The van der Waals surface area contributed by atoms with Gasteiger partial charge in [-0.2, -0.15) is 0 Å². The van der Waals surface area contributed by atoms with E-state index in [2.05, 4.69) is 55.3 Å². The molecule has 2 aliphatic rings. The summed E-state index contributed by atoms with van der Waals surface area (Å²) in [7, 11) is 0. The highest BCUT2D eigenvalue weighted by Crippen LogP contribution is 2.25. The number of likely N-dealkylation sites (tertiary alicyclic amines) is 1. The van der Waals surface area contributed by atoms with Crippen LogP contribution in [0, 0.1) is 0 Å². The van der Waals surface area contributed by atoms with Crippen LogP contribution in [-0.2, 0) is 12.0 Å². The summed E-state index contributed by atoms with van der Waals surface area (Å²) in [6, 6.07) is 10.8. The maximum atomic E-state index is 3.70. The van der Waals surface area contributed by atoms with Crippen molar-refractivity contribution in [3.63, 3.8) is 0 Å². The standard InChI is InChI=1S/C19H30N2/c1-19(2,3)16-8-6-15(7-9-16)14-21-12-4-5-18(21)13-20-17-10-11-17/h6-9,17-18,20H,4-5,10-14H2,1-3H3. The number of hydrogen-bond acceptors (Lipinski definition) is 2. The molecule has 2 fully saturated rings. The molecule has 1 atom stereocenters. The van der Waals surface area contributed by atoms with Crippen molar-refractivity contribution in [2.75, 3.05) is 13.1 Å². The Morgan fingerprint density at radius 1 is 1.10 bits per heavy atom. The highest BCUT2D eigenvalue weighted by molar-refractivity contribution is 5.27. The van der Waals surface area contributed by atoms with Crippen molar-refractivity contribution in [1.29, 1.82) is 0 Å². The Balaban J connectivity index is 1.56. The van der Waals surface area contributed by atoms with E-state index in [4.69, 9.17) is 0 Å². The van der Waals surface area contributed by atoms with Gasteiger partial charge >= 0.3 is 0 Å². The fourth-order valence-corrected chi connectivity index (χ4v) is 3.27. The van der Waals surface area contributed by atoms with Gasteiger partial charge < -0.3 is 5.32 Å². The van der Waals surface area contributed by atoms with Gasteiger partial charge in [-0.1, -0.05) is 45.0 Å². The molecule has 1 unspecified atom stereocenters. The third kappa shape index (κ3) is 4.08. The lowest BCUT2D eigenvalue weighted by atomic mass is 9.87. The molecule has 0 spiro atoms. The molecule has 1 aliphatic heterocycles. The van der Waals surface area contributed by atoms with Crippen molar-refractivity contribution in [1.82, 2.24) is 10.2 Å². The van der Waals surface area contributed by atoms with E-state index >= 15 is 0 Å². The van der Waals surface area contributed by atoms with Gasteiger partial charge in [0.2, 0.25) is 0 Å². The summed E-state index contributed by atoms with van der Waals surface area (Å²) in [5.74, 6) is 0. The van der Waals surface area contributed by atoms with Gasteiger partial charge in [-0.3, -0.25) is 4.90 Å². The van der Waals surface area contributed by atoms with Gasteiger partial charge in [0.05, 0.1) is 0 Å². The van der Waals surface area contributed by atoms with Gasteiger partial charge in [-0.25, -0.2) is 0 Å². The minimum atomic E-state index is 0.253. The number of nitrogens with one attached hydrogen (secondary N) is 1. The second-order valence-corrected chi connectivity index (χ2v) is 7.90. The maximum Gasteiger partial charge on any atom is 0.0237 e. The van der Waals surface area contributed by atoms with Crippen LogP contribution in [0.3, 0.4) is 0 Å². The normalized spacial score (nSPS) is 23.7. The first-order valence-corrected chi connectivity index (χ1v) is 8.59. The molecular weight excluding hydrogens is 256 g/mol. The largest absolute Gasteiger partial charge is 0.312 e. The summed E-state index contributed by atoms with van der Waals surface area (Å²) >= 11 is 0. The van der Waals surface area contributed by atoms with Crippen LogP contribution in [0.5, 0.6) is 0 Å². The Hall–Kier alpha value is -0.860. The molecule has 1 saturated carbocycles. The molecule has 1 aromatic carbocycles. The average Bonchev–Trinajstić information content (AvgIpc) is 3.17. The molecule has 21 heavy (non-hydrogen) atoms. The molecular formula is C19H30N2. The van der Waals surface area contributed by atoms with E-state index < -0.39 is 0 Å². The maximum absolute atomic E-state index is 3.70. The minimum Gasteiger partial charge on any atom is -0.312 e. The first kappa shape index (κ1) is 15.1. The Morgan fingerprint density at radius 2 is 1.81 bits per heavy atom. The van der Waals surface area contributed by atoms with Crippen LogP contribution in [0.1, 0.15) is 57.6 Å². The van der Waals surface area contributed by atoms with Crippen molar-refractivity contribution in [2.24, 2.45) is 0 Å². The number of benzene rings is 1. The fourth-order valence-electron chi connectivity index (χ4n) is 3.27.